The zero-order valence-corrected chi connectivity index (χ0v) is 24.6. The van der Waals surface area contributed by atoms with Crippen molar-refractivity contribution in [1.82, 2.24) is 9.97 Å². The first kappa shape index (κ1) is 27.7. The fourth-order valence-electron chi connectivity index (χ4n) is 5.45. The Morgan fingerprint density at radius 1 is 0.524 bits per heavy atom. The molecule has 0 saturated carbocycles. The first-order chi connectivity index (χ1) is 20.7. The SMILES string of the molecule is CCCCCc1cccc2nc(-c3ccc(C=Cc4ccc(-c5nc6cccc(CCCCC)c6o5)cc4)cc3)oc12. The van der Waals surface area contributed by atoms with Crippen molar-refractivity contribution in [2.75, 3.05) is 0 Å². The Morgan fingerprint density at radius 2 is 0.952 bits per heavy atom. The van der Waals surface area contributed by atoms with Gasteiger partial charge >= 0.3 is 0 Å². The fraction of sp³-hybridized carbons (Fsp3) is 0.263. The summed E-state index contributed by atoms with van der Waals surface area (Å²) < 4.78 is 12.5. The summed E-state index contributed by atoms with van der Waals surface area (Å²) in [5, 5.41) is 0. The average Bonchev–Trinajstić information content (AvgIpc) is 3.67. The molecule has 0 N–H and O–H groups in total. The third-order valence-electron chi connectivity index (χ3n) is 7.88. The average molecular weight is 555 g/mol. The van der Waals surface area contributed by atoms with Crippen molar-refractivity contribution in [2.45, 2.75) is 65.2 Å². The lowest BCUT2D eigenvalue weighted by Crippen LogP contribution is -1.85. The highest BCUT2D eigenvalue weighted by Crippen LogP contribution is 2.30. The van der Waals surface area contributed by atoms with E-state index in [9.17, 15) is 0 Å². The van der Waals surface area contributed by atoms with Crippen LogP contribution in [0.2, 0.25) is 0 Å². The lowest BCUT2D eigenvalue weighted by atomic mass is 10.1. The maximum absolute atomic E-state index is 6.24. The number of rotatable bonds is 12. The van der Waals surface area contributed by atoms with Gasteiger partial charge in [-0.3, -0.25) is 0 Å². The molecule has 6 aromatic rings. The zero-order valence-electron chi connectivity index (χ0n) is 24.6. The first-order valence-electron chi connectivity index (χ1n) is 15.4. The Morgan fingerprint density at radius 3 is 1.36 bits per heavy atom. The number of nitrogens with zero attached hydrogens (tertiary/aromatic N) is 2. The number of oxazole rings is 2. The molecule has 6 rings (SSSR count). The molecule has 4 aromatic carbocycles. The Balaban J connectivity index is 1.13. The molecule has 0 amide bonds. The Bertz CT molecular complexity index is 1660. The van der Waals surface area contributed by atoms with E-state index in [0.717, 1.165) is 57.3 Å². The van der Waals surface area contributed by atoms with E-state index in [2.05, 4.69) is 98.8 Å². The number of fused-ring (bicyclic) bond motifs is 2. The molecular weight excluding hydrogens is 516 g/mol. The Hall–Kier alpha value is -4.44. The van der Waals surface area contributed by atoms with E-state index in [1.807, 2.05) is 12.1 Å². The molecule has 0 radical (unpaired) electrons. The number of benzene rings is 4. The van der Waals surface area contributed by atoms with Crippen molar-refractivity contribution in [2.24, 2.45) is 0 Å². The lowest BCUT2D eigenvalue weighted by molar-refractivity contribution is 0.611. The van der Waals surface area contributed by atoms with Crippen molar-refractivity contribution in [3.8, 4) is 22.9 Å². The van der Waals surface area contributed by atoms with Gasteiger partial charge in [-0.15, -0.1) is 0 Å². The molecular formula is C38H38N2O2. The Labute approximate surface area is 248 Å². The van der Waals surface area contributed by atoms with E-state index in [1.165, 1.54) is 49.7 Å². The fourth-order valence-corrected chi connectivity index (χ4v) is 5.45. The van der Waals surface area contributed by atoms with Gasteiger partial charge in [-0.1, -0.05) is 100 Å². The molecule has 0 aliphatic rings. The molecule has 0 unspecified atom stereocenters. The second-order valence-electron chi connectivity index (χ2n) is 11.1. The number of aryl methyl sites for hydroxylation is 2. The van der Waals surface area contributed by atoms with Crippen LogP contribution < -0.4 is 0 Å². The van der Waals surface area contributed by atoms with Crippen molar-refractivity contribution in [1.29, 1.82) is 0 Å². The molecule has 42 heavy (non-hydrogen) atoms. The molecule has 2 heterocycles. The summed E-state index contributed by atoms with van der Waals surface area (Å²) >= 11 is 0. The summed E-state index contributed by atoms with van der Waals surface area (Å²) in [6.45, 7) is 4.46. The topological polar surface area (TPSA) is 52.1 Å². The van der Waals surface area contributed by atoms with E-state index in [-0.39, 0.29) is 0 Å². The van der Waals surface area contributed by atoms with Gasteiger partial charge in [-0.25, -0.2) is 9.97 Å². The van der Waals surface area contributed by atoms with Crippen LogP contribution in [0.1, 0.15) is 74.6 Å². The normalized spacial score (nSPS) is 11.8. The van der Waals surface area contributed by atoms with Crippen LogP contribution in [0, 0.1) is 0 Å². The van der Waals surface area contributed by atoms with Gasteiger partial charge in [-0.05, 0) is 84.3 Å². The third kappa shape index (κ3) is 6.23. The summed E-state index contributed by atoms with van der Waals surface area (Å²) in [7, 11) is 0. The molecule has 4 heteroatoms. The van der Waals surface area contributed by atoms with Crippen LogP contribution >= 0.6 is 0 Å². The molecule has 2 aromatic heterocycles. The van der Waals surface area contributed by atoms with Crippen LogP contribution in [0.4, 0.5) is 0 Å². The van der Waals surface area contributed by atoms with Gasteiger partial charge < -0.3 is 8.83 Å². The maximum Gasteiger partial charge on any atom is 0.227 e. The van der Waals surface area contributed by atoms with Crippen LogP contribution in [0.3, 0.4) is 0 Å². The molecule has 212 valence electrons. The van der Waals surface area contributed by atoms with Crippen LogP contribution in [-0.2, 0) is 12.8 Å². The van der Waals surface area contributed by atoms with Crippen LogP contribution in [0.25, 0.3) is 57.3 Å². The van der Waals surface area contributed by atoms with Crippen LogP contribution in [0.5, 0.6) is 0 Å². The van der Waals surface area contributed by atoms with E-state index >= 15 is 0 Å². The van der Waals surface area contributed by atoms with Crippen molar-refractivity contribution < 1.29 is 8.83 Å². The second-order valence-corrected chi connectivity index (χ2v) is 11.1. The quantitative estimate of drug-likeness (QED) is 0.111. The standard InChI is InChI=1S/C38H38N2O2/c1-3-5-7-11-29-13-9-15-33-35(29)41-37(39-33)31-23-19-27(20-24-31)17-18-28-21-25-32(26-22-28)38-40-34-16-10-14-30(36(34)42-38)12-8-6-4-2/h9-10,13-26H,3-8,11-12H2,1-2H3. The Kier molecular flexibility index (Phi) is 8.60. The number of aromatic nitrogens is 2. The van der Waals surface area contributed by atoms with Crippen molar-refractivity contribution in [3.05, 3.63) is 107 Å². The van der Waals surface area contributed by atoms with Gasteiger partial charge in [0.25, 0.3) is 0 Å². The van der Waals surface area contributed by atoms with E-state index in [0.29, 0.717) is 11.8 Å². The van der Waals surface area contributed by atoms with E-state index < -0.39 is 0 Å². The van der Waals surface area contributed by atoms with Crippen molar-refractivity contribution >= 4 is 34.4 Å². The summed E-state index contributed by atoms with van der Waals surface area (Å²) in [6.07, 6.45) is 13.5. The van der Waals surface area contributed by atoms with Gasteiger partial charge in [0.15, 0.2) is 11.2 Å². The van der Waals surface area contributed by atoms with E-state index in [4.69, 9.17) is 18.8 Å². The largest absolute Gasteiger partial charge is 0.436 e. The molecule has 0 saturated heterocycles. The zero-order chi connectivity index (χ0) is 28.7. The highest BCUT2D eigenvalue weighted by Gasteiger charge is 2.13. The molecule has 0 aliphatic heterocycles. The minimum absolute atomic E-state index is 0.673. The summed E-state index contributed by atoms with van der Waals surface area (Å²) in [6, 6.07) is 29.3. The summed E-state index contributed by atoms with van der Waals surface area (Å²) in [5.41, 5.74) is 10.4. The van der Waals surface area contributed by atoms with Gasteiger partial charge in [0.2, 0.25) is 11.8 Å². The molecule has 0 atom stereocenters. The minimum Gasteiger partial charge on any atom is -0.436 e. The van der Waals surface area contributed by atoms with Crippen LogP contribution in [0.15, 0.2) is 93.8 Å². The van der Waals surface area contributed by atoms with Gasteiger partial charge in [0.1, 0.15) is 11.0 Å². The number of hydrogen-bond acceptors (Lipinski definition) is 4. The van der Waals surface area contributed by atoms with Crippen molar-refractivity contribution in [3.63, 3.8) is 0 Å². The van der Waals surface area contributed by atoms with Gasteiger partial charge in [0, 0.05) is 11.1 Å². The first-order valence-corrected chi connectivity index (χ1v) is 15.4. The monoisotopic (exact) mass is 554 g/mol. The second kappa shape index (κ2) is 13.0. The highest BCUT2D eigenvalue weighted by molar-refractivity contribution is 5.81. The molecule has 0 fully saturated rings. The molecule has 0 bridgehead atoms. The van der Waals surface area contributed by atoms with Crippen LogP contribution in [-0.4, -0.2) is 9.97 Å². The summed E-state index contributed by atoms with van der Waals surface area (Å²) in [4.78, 5) is 9.53. The van der Waals surface area contributed by atoms with E-state index in [1.54, 1.807) is 0 Å². The smallest absolute Gasteiger partial charge is 0.227 e. The molecule has 4 nitrogen and oxygen atoms in total. The third-order valence-corrected chi connectivity index (χ3v) is 7.88. The van der Waals surface area contributed by atoms with Gasteiger partial charge in [0.05, 0.1) is 0 Å². The van der Waals surface area contributed by atoms with Gasteiger partial charge in [-0.2, -0.15) is 0 Å². The number of hydrogen-bond donors (Lipinski definition) is 0. The number of unbranched alkanes of at least 4 members (excludes halogenated alkanes) is 4. The lowest BCUT2D eigenvalue weighted by Gasteiger charge is -2.01. The molecule has 0 spiro atoms. The predicted molar refractivity (Wildman–Crippen MR) is 174 cm³/mol. The highest BCUT2D eigenvalue weighted by atomic mass is 16.4. The number of para-hydroxylation sites is 2. The maximum atomic E-state index is 6.24. The predicted octanol–water partition coefficient (Wildman–Crippen LogP) is 10.9. The summed E-state index contributed by atoms with van der Waals surface area (Å²) in [5.74, 6) is 1.35. The molecule has 0 aliphatic carbocycles. The minimum atomic E-state index is 0.673.